The minimum absolute atomic E-state index is 0.189. The quantitative estimate of drug-likeness (QED) is 0.627. The summed E-state index contributed by atoms with van der Waals surface area (Å²) in [5.41, 5.74) is -0.395. The minimum atomic E-state index is -0.607. The largest absolute Gasteiger partial charge is 0.464 e. The number of hydrogen-bond donors (Lipinski definition) is 1. The number of halogens is 1. The van der Waals surface area contributed by atoms with Gasteiger partial charge in [0.05, 0.1) is 7.11 Å². The smallest absolute Gasteiger partial charge is 0.413 e. The lowest BCUT2D eigenvalue weighted by molar-refractivity contribution is 0.0589. The fourth-order valence-electron chi connectivity index (χ4n) is 0.968. The monoisotopic (exact) mass is 384 g/mol. The highest BCUT2D eigenvalue weighted by atomic mass is 127. The molecule has 1 amide bonds. The molecule has 18 heavy (non-hydrogen) atoms. The van der Waals surface area contributed by atoms with Gasteiger partial charge in [0.15, 0.2) is 10.8 Å². The number of aromatic nitrogens is 1. The van der Waals surface area contributed by atoms with Crippen molar-refractivity contribution in [1.29, 1.82) is 0 Å². The first-order valence-corrected chi connectivity index (χ1v) is 6.87. The number of amides is 1. The number of rotatable bonds is 2. The molecule has 0 aliphatic heterocycles. The van der Waals surface area contributed by atoms with E-state index in [4.69, 9.17) is 4.74 Å². The van der Waals surface area contributed by atoms with Gasteiger partial charge < -0.3 is 9.47 Å². The first kappa shape index (κ1) is 15.2. The molecule has 0 aliphatic rings. The Labute approximate surface area is 122 Å². The normalized spacial score (nSPS) is 10.9. The third kappa shape index (κ3) is 4.41. The number of carbonyl (C=O) groups excluding carboxylic acids is 2. The van der Waals surface area contributed by atoms with Crippen molar-refractivity contribution in [1.82, 2.24) is 4.98 Å². The average Bonchev–Trinajstić information content (AvgIpc) is 2.55. The van der Waals surface area contributed by atoms with Crippen LogP contribution in [0.5, 0.6) is 0 Å². The van der Waals surface area contributed by atoms with Gasteiger partial charge in [-0.1, -0.05) is 11.3 Å². The number of nitrogens with one attached hydrogen (secondary N) is 1. The lowest BCUT2D eigenvalue weighted by atomic mass is 10.2. The van der Waals surface area contributed by atoms with Crippen molar-refractivity contribution in [2.45, 2.75) is 26.4 Å². The third-order valence-electron chi connectivity index (χ3n) is 1.57. The number of esters is 1. The summed E-state index contributed by atoms with van der Waals surface area (Å²) in [4.78, 5) is 26.8. The molecule has 0 bridgehead atoms. The molecule has 1 rings (SSSR count). The maximum Gasteiger partial charge on any atom is 0.413 e. The van der Waals surface area contributed by atoms with E-state index in [0.717, 1.165) is 0 Å². The molecule has 0 spiro atoms. The van der Waals surface area contributed by atoms with E-state index >= 15 is 0 Å². The molecule has 0 saturated carbocycles. The van der Waals surface area contributed by atoms with Crippen LogP contribution in [0.3, 0.4) is 0 Å². The van der Waals surface area contributed by atoms with Crippen molar-refractivity contribution in [2.24, 2.45) is 0 Å². The molecule has 6 nitrogen and oxygen atoms in total. The Morgan fingerprint density at radius 1 is 1.39 bits per heavy atom. The molecule has 0 atom stereocenters. The molecule has 0 aromatic carbocycles. The summed E-state index contributed by atoms with van der Waals surface area (Å²) in [6.07, 6.45) is -0.607. The van der Waals surface area contributed by atoms with E-state index in [1.165, 1.54) is 18.4 Å². The SMILES string of the molecule is COC(=O)c1nc(NC(=O)OC(C)(C)C)sc1I. The highest BCUT2D eigenvalue weighted by Gasteiger charge is 2.20. The van der Waals surface area contributed by atoms with E-state index in [1.54, 1.807) is 20.8 Å². The van der Waals surface area contributed by atoms with Gasteiger partial charge >= 0.3 is 12.1 Å². The van der Waals surface area contributed by atoms with Crippen LogP contribution in [0.2, 0.25) is 0 Å². The lowest BCUT2D eigenvalue weighted by Crippen LogP contribution is -2.27. The van der Waals surface area contributed by atoms with Gasteiger partial charge in [0, 0.05) is 0 Å². The van der Waals surface area contributed by atoms with Crippen LogP contribution in [0, 0.1) is 2.88 Å². The first-order valence-electron chi connectivity index (χ1n) is 4.97. The maximum absolute atomic E-state index is 11.5. The van der Waals surface area contributed by atoms with Crippen LogP contribution in [0.25, 0.3) is 0 Å². The zero-order chi connectivity index (χ0) is 13.9. The summed E-state index contributed by atoms with van der Waals surface area (Å²) in [6, 6.07) is 0. The number of methoxy groups -OCH3 is 1. The molecule has 1 aromatic heterocycles. The second-order valence-corrected chi connectivity index (χ2v) is 7.07. The topological polar surface area (TPSA) is 77.5 Å². The fraction of sp³-hybridized carbons (Fsp3) is 0.500. The van der Waals surface area contributed by atoms with Gasteiger partial charge in [0.25, 0.3) is 0 Å². The molecule has 0 saturated heterocycles. The maximum atomic E-state index is 11.5. The van der Waals surface area contributed by atoms with Gasteiger partial charge in [-0.2, -0.15) is 0 Å². The van der Waals surface area contributed by atoms with Crippen LogP contribution >= 0.6 is 33.9 Å². The van der Waals surface area contributed by atoms with Crippen molar-refractivity contribution in [2.75, 3.05) is 12.4 Å². The molecule has 0 fully saturated rings. The highest BCUT2D eigenvalue weighted by molar-refractivity contribution is 14.1. The second kappa shape index (κ2) is 5.83. The number of hydrogen-bond acceptors (Lipinski definition) is 6. The van der Waals surface area contributed by atoms with Crippen molar-refractivity contribution in [3.05, 3.63) is 8.58 Å². The Balaban J connectivity index is 2.75. The van der Waals surface area contributed by atoms with Gasteiger partial charge in [-0.3, -0.25) is 5.32 Å². The molecule has 8 heteroatoms. The Morgan fingerprint density at radius 2 is 2.00 bits per heavy atom. The molecular formula is C10H13IN2O4S. The average molecular weight is 384 g/mol. The van der Waals surface area contributed by atoms with Crippen LogP contribution < -0.4 is 5.32 Å². The number of thiazole rings is 1. The molecule has 0 radical (unpaired) electrons. The first-order chi connectivity index (χ1) is 8.23. The molecule has 1 N–H and O–H groups in total. The predicted octanol–water partition coefficient (Wildman–Crippen LogP) is 2.88. The van der Waals surface area contributed by atoms with Crippen LogP contribution in [0.1, 0.15) is 31.3 Å². The third-order valence-corrected chi connectivity index (χ3v) is 3.50. The van der Waals surface area contributed by atoms with E-state index < -0.39 is 17.7 Å². The van der Waals surface area contributed by atoms with Crippen LogP contribution in [0.15, 0.2) is 0 Å². The standard InChI is InChI=1S/C10H13IN2O4S/c1-10(2,3)17-9(15)13-8-12-5(6(11)18-8)7(14)16-4/h1-4H3,(H,12,13,15). The summed E-state index contributed by atoms with van der Waals surface area (Å²) >= 11 is 3.13. The van der Waals surface area contributed by atoms with E-state index in [-0.39, 0.29) is 5.69 Å². The Hall–Kier alpha value is -0.900. The molecule has 0 aliphatic carbocycles. The highest BCUT2D eigenvalue weighted by Crippen LogP contribution is 2.25. The molecule has 1 aromatic rings. The van der Waals surface area contributed by atoms with Crippen molar-refractivity contribution >= 4 is 51.1 Å². The van der Waals surface area contributed by atoms with Gasteiger partial charge in [0.2, 0.25) is 0 Å². The summed E-state index contributed by atoms with van der Waals surface area (Å²) in [6.45, 7) is 5.29. The number of anilines is 1. The second-order valence-electron chi connectivity index (χ2n) is 4.26. The van der Waals surface area contributed by atoms with Crippen molar-refractivity contribution in [3.63, 3.8) is 0 Å². The summed E-state index contributed by atoms with van der Waals surface area (Å²) < 4.78 is 10.3. The Kier molecular flexibility index (Phi) is 4.91. The molecule has 1 heterocycles. The van der Waals surface area contributed by atoms with Gasteiger partial charge in [-0.15, -0.1) is 0 Å². The van der Waals surface area contributed by atoms with Crippen LogP contribution in [0.4, 0.5) is 9.93 Å². The summed E-state index contributed by atoms with van der Waals surface area (Å²) in [7, 11) is 1.28. The summed E-state index contributed by atoms with van der Waals surface area (Å²) in [5.74, 6) is -0.534. The minimum Gasteiger partial charge on any atom is -0.464 e. The van der Waals surface area contributed by atoms with Gasteiger partial charge in [0.1, 0.15) is 8.48 Å². The van der Waals surface area contributed by atoms with Crippen LogP contribution in [-0.2, 0) is 9.47 Å². The van der Waals surface area contributed by atoms with Crippen molar-refractivity contribution < 1.29 is 19.1 Å². The molecule has 0 unspecified atom stereocenters. The van der Waals surface area contributed by atoms with Gasteiger partial charge in [-0.05, 0) is 43.4 Å². The van der Waals surface area contributed by atoms with Gasteiger partial charge in [-0.25, -0.2) is 14.6 Å². The fourth-order valence-corrected chi connectivity index (χ4v) is 2.60. The predicted molar refractivity (Wildman–Crippen MR) is 76.0 cm³/mol. The molecular weight excluding hydrogens is 371 g/mol. The Morgan fingerprint density at radius 3 is 2.50 bits per heavy atom. The molecule has 100 valence electrons. The number of nitrogens with zero attached hydrogens (tertiary/aromatic N) is 1. The number of ether oxygens (including phenoxy) is 2. The van der Waals surface area contributed by atoms with Crippen LogP contribution in [-0.4, -0.2) is 29.8 Å². The zero-order valence-electron chi connectivity index (χ0n) is 10.4. The number of carbonyl (C=O) groups is 2. The van der Waals surface area contributed by atoms with E-state index in [9.17, 15) is 9.59 Å². The lowest BCUT2D eigenvalue weighted by Gasteiger charge is -2.18. The van der Waals surface area contributed by atoms with Crippen molar-refractivity contribution in [3.8, 4) is 0 Å². The van der Waals surface area contributed by atoms with E-state index in [0.29, 0.717) is 8.02 Å². The zero-order valence-corrected chi connectivity index (χ0v) is 13.3. The van der Waals surface area contributed by atoms with E-state index in [1.807, 2.05) is 22.6 Å². The summed E-state index contributed by atoms with van der Waals surface area (Å²) in [5, 5.41) is 2.77. The van der Waals surface area contributed by atoms with E-state index in [2.05, 4.69) is 15.0 Å². The Bertz CT molecular complexity index is 467.